The van der Waals surface area contributed by atoms with E-state index in [2.05, 4.69) is 10.6 Å². The largest absolute Gasteiger partial charge is 0.412 e. The van der Waals surface area contributed by atoms with E-state index in [9.17, 15) is 18.4 Å². The average Bonchev–Trinajstić information content (AvgIpc) is 3.07. The van der Waals surface area contributed by atoms with Crippen LogP contribution >= 0.6 is 0 Å². The van der Waals surface area contributed by atoms with Crippen molar-refractivity contribution in [2.24, 2.45) is 0 Å². The van der Waals surface area contributed by atoms with Crippen LogP contribution in [-0.2, 0) is 14.3 Å². The number of benzene rings is 2. The van der Waals surface area contributed by atoms with Crippen LogP contribution in [0.25, 0.3) is 16.7 Å². The van der Waals surface area contributed by atoms with Crippen LogP contribution in [0.5, 0.6) is 0 Å². The molecule has 0 bridgehead atoms. The first-order valence-electron chi connectivity index (χ1n) is 11.4. The molecule has 2 aromatic rings. The predicted octanol–water partition coefficient (Wildman–Crippen LogP) is 4.86. The summed E-state index contributed by atoms with van der Waals surface area (Å²) in [7, 11) is 1.66. The molecule has 6 nitrogen and oxygen atoms in total. The highest BCUT2D eigenvalue weighted by Gasteiger charge is 2.50. The minimum Gasteiger partial charge on any atom is -0.411 e. The van der Waals surface area contributed by atoms with Gasteiger partial charge in [0.1, 0.15) is 5.76 Å². The molecule has 1 aliphatic carbocycles. The molecule has 2 aliphatic rings. The molecule has 34 heavy (non-hydrogen) atoms. The Kier molecular flexibility index (Phi) is 6.70. The van der Waals surface area contributed by atoms with Gasteiger partial charge in [-0.05, 0) is 80.0 Å². The molecule has 180 valence electrons. The molecule has 0 radical (unpaired) electrons. The highest BCUT2D eigenvalue weighted by atomic mass is 19.2. The zero-order valence-corrected chi connectivity index (χ0v) is 19.5. The Morgan fingerprint density at radius 3 is 2.44 bits per heavy atom. The van der Waals surface area contributed by atoms with E-state index in [1.165, 1.54) is 6.07 Å². The van der Waals surface area contributed by atoms with Crippen molar-refractivity contribution < 1.29 is 27.8 Å². The van der Waals surface area contributed by atoms with Gasteiger partial charge in [-0.15, -0.1) is 0 Å². The number of halogens is 2. The van der Waals surface area contributed by atoms with Crippen molar-refractivity contribution in [3.63, 3.8) is 0 Å². The third kappa shape index (κ3) is 4.42. The lowest BCUT2D eigenvalue weighted by atomic mass is 9.79. The molecule has 2 N–H and O–H groups in total. The molecule has 8 heteroatoms. The van der Waals surface area contributed by atoms with Crippen molar-refractivity contribution in [2.75, 3.05) is 13.7 Å². The summed E-state index contributed by atoms with van der Waals surface area (Å²) in [4.78, 5) is 25.8. The van der Waals surface area contributed by atoms with Gasteiger partial charge in [-0.1, -0.05) is 18.2 Å². The smallest absolute Gasteiger partial charge is 0.411 e. The van der Waals surface area contributed by atoms with E-state index in [0.29, 0.717) is 54.7 Å². The summed E-state index contributed by atoms with van der Waals surface area (Å²) in [5.41, 5.74) is 1.92. The number of ether oxygens (including phenoxy) is 2. The number of amides is 2. The number of carbonyl (C=O) groups is 2. The van der Waals surface area contributed by atoms with Gasteiger partial charge in [0.25, 0.3) is 5.91 Å². The number of nitrogens with one attached hydrogen (secondary N) is 2. The maximum absolute atomic E-state index is 13.9. The Balaban J connectivity index is 1.83. The van der Waals surface area contributed by atoms with Crippen molar-refractivity contribution in [1.29, 1.82) is 0 Å². The zero-order valence-electron chi connectivity index (χ0n) is 19.5. The SMILES string of the molecule is CCNC(=O)OC1=C(c2cc(-c3ccc(F)c(F)c3)ccc2C)C(=O)N[C@]12CC[C@@H](OC)CC2. The van der Waals surface area contributed by atoms with E-state index < -0.39 is 23.3 Å². The Hall–Kier alpha value is -3.26. The highest BCUT2D eigenvalue weighted by Crippen LogP contribution is 2.44. The lowest BCUT2D eigenvalue weighted by molar-refractivity contribution is -0.116. The molecule has 1 spiro atoms. The van der Waals surface area contributed by atoms with Crippen LogP contribution in [0.4, 0.5) is 13.6 Å². The van der Waals surface area contributed by atoms with Crippen molar-refractivity contribution in [3.8, 4) is 11.1 Å². The second kappa shape index (κ2) is 9.54. The molecular formula is C26H28F2N2O4. The van der Waals surface area contributed by atoms with Crippen LogP contribution in [0.1, 0.15) is 43.7 Å². The summed E-state index contributed by atoms with van der Waals surface area (Å²) in [6, 6.07) is 9.00. The normalized spacial score (nSPS) is 22.1. The van der Waals surface area contributed by atoms with Crippen LogP contribution < -0.4 is 10.6 Å². The number of rotatable bonds is 5. The molecule has 1 aliphatic heterocycles. The molecule has 0 unspecified atom stereocenters. The maximum atomic E-state index is 13.9. The van der Waals surface area contributed by atoms with E-state index >= 15 is 0 Å². The lowest BCUT2D eigenvalue weighted by Gasteiger charge is -2.37. The average molecular weight is 471 g/mol. The molecular weight excluding hydrogens is 442 g/mol. The fourth-order valence-corrected chi connectivity index (χ4v) is 4.76. The second-order valence-electron chi connectivity index (χ2n) is 8.75. The van der Waals surface area contributed by atoms with E-state index in [1.54, 1.807) is 26.2 Å². The fourth-order valence-electron chi connectivity index (χ4n) is 4.76. The summed E-state index contributed by atoms with van der Waals surface area (Å²) in [5.74, 6) is -1.92. The molecule has 4 rings (SSSR count). The number of aryl methyl sites for hydroxylation is 1. The number of hydrogen-bond donors (Lipinski definition) is 2. The number of carbonyl (C=O) groups excluding carboxylic acids is 2. The van der Waals surface area contributed by atoms with Gasteiger partial charge in [0.05, 0.1) is 17.2 Å². The lowest BCUT2D eigenvalue weighted by Crippen LogP contribution is -2.49. The van der Waals surface area contributed by atoms with Crippen molar-refractivity contribution >= 4 is 17.6 Å². The summed E-state index contributed by atoms with van der Waals surface area (Å²) >= 11 is 0. The van der Waals surface area contributed by atoms with Gasteiger partial charge in [-0.25, -0.2) is 13.6 Å². The minimum absolute atomic E-state index is 0.0794. The van der Waals surface area contributed by atoms with E-state index in [4.69, 9.17) is 9.47 Å². The van der Waals surface area contributed by atoms with E-state index in [0.717, 1.165) is 17.7 Å². The summed E-state index contributed by atoms with van der Waals surface area (Å²) in [6.07, 6.45) is 2.00. The van der Waals surface area contributed by atoms with Gasteiger partial charge < -0.3 is 20.1 Å². The van der Waals surface area contributed by atoms with Gasteiger partial charge in [0.2, 0.25) is 0 Å². The molecule has 1 heterocycles. The molecule has 0 aromatic heterocycles. The van der Waals surface area contributed by atoms with Crippen LogP contribution in [0.2, 0.25) is 0 Å². The molecule has 0 atom stereocenters. The van der Waals surface area contributed by atoms with Crippen molar-refractivity contribution in [3.05, 3.63) is 64.9 Å². The van der Waals surface area contributed by atoms with Crippen LogP contribution in [-0.4, -0.2) is 37.3 Å². The predicted molar refractivity (Wildman–Crippen MR) is 124 cm³/mol. The van der Waals surface area contributed by atoms with Gasteiger partial charge in [0, 0.05) is 13.7 Å². The Bertz CT molecular complexity index is 1150. The second-order valence-corrected chi connectivity index (χ2v) is 8.75. The monoisotopic (exact) mass is 470 g/mol. The van der Waals surface area contributed by atoms with Crippen molar-refractivity contribution in [2.45, 2.75) is 51.2 Å². The first-order chi connectivity index (χ1) is 16.3. The standard InChI is InChI=1S/C26H28F2N2O4/c1-4-29-25(32)34-23-22(24(31)30-26(23)11-9-18(33-3)10-12-26)19-13-16(6-5-15(19)2)17-7-8-20(27)21(28)14-17/h5-8,13-14,18H,4,9-12H2,1-3H3,(H,29,32)(H,30,31)/t18-,26+. The first-order valence-corrected chi connectivity index (χ1v) is 11.4. The summed E-state index contributed by atoms with van der Waals surface area (Å²) in [6.45, 7) is 4.01. The molecule has 0 saturated heterocycles. The zero-order chi connectivity index (χ0) is 24.5. The topological polar surface area (TPSA) is 76.7 Å². The van der Waals surface area contributed by atoms with Gasteiger partial charge in [-0.3, -0.25) is 4.79 Å². The molecule has 2 aromatic carbocycles. The Morgan fingerprint density at radius 1 is 1.12 bits per heavy atom. The fraction of sp³-hybridized carbons (Fsp3) is 0.385. The third-order valence-corrected chi connectivity index (χ3v) is 6.64. The van der Waals surface area contributed by atoms with Crippen LogP contribution in [0.15, 0.2) is 42.2 Å². The van der Waals surface area contributed by atoms with Crippen molar-refractivity contribution in [1.82, 2.24) is 10.6 Å². The summed E-state index contributed by atoms with van der Waals surface area (Å²) in [5, 5.41) is 5.71. The number of hydrogen-bond acceptors (Lipinski definition) is 4. The Morgan fingerprint density at radius 2 is 1.79 bits per heavy atom. The summed E-state index contributed by atoms with van der Waals surface area (Å²) < 4.78 is 38.6. The number of methoxy groups -OCH3 is 1. The van der Waals surface area contributed by atoms with E-state index in [-0.39, 0.29) is 17.6 Å². The van der Waals surface area contributed by atoms with E-state index in [1.807, 2.05) is 13.0 Å². The molecule has 2 amide bonds. The first kappa shape index (κ1) is 23.9. The number of alkyl carbamates (subject to hydrolysis) is 1. The quantitative estimate of drug-likeness (QED) is 0.655. The highest BCUT2D eigenvalue weighted by molar-refractivity contribution is 6.24. The van der Waals surface area contributed by atoms with Gasteiger partial charge in [-0.2, -0.15) is 0 Å². The minimum atomic E-state index is -0.952. The Labute approximate surface area is 197 Å². The maximum Gasteiger partial charge on any atom is 0.412 e. The van der Waals surface area contributed by atoms with Crippen LogP contribution in [0, 0.1) is 18.6 Å². The van der Waals surface area contributed by atoms with Gasteiger partial charge in [0.15, 0.2) is 11.6 Å². The molecule has 1 saturated carbocycles. The van der Waals surface area contributed by atoms with Crippen LogP contribution in [0.3, 0.4) is 0 Å². The third-order valence-electron chi connectivity index (χ3n) is 6.64. The molecule has 1 fully saturated rings. The van der Waals surface area contributed by atoms with Gasteiger partial charge >= 0.3 is 6.09 Å².